The van der Waals surface area contributed by atoms with Crippen molar-refractivity contribution in [2.24, 2.45) is 5.92 Å². The molecule has 2 nitrogen and oxygen atoms in total. The van der Waals surface area contributed by atoms with Crippen molar-refractivity contribution >= 4 is 0 Å². The molecule has 1 fully saturated rings. The molecular weight excluding hydrogens is 186 g/mol. The van der Waals surface area contributed by atoms with Crippen LogP contribution in [0.15, 0.2) is 18.3 Å². The summed E-state index contributed by atoms with van der Waals surface area (Å²) in [4.78, 5) is 4.31. The van der Waals surface area contributed by atoms with E-state index in [1.54, 1.807) is 0 Å². The Labute approximate surface area is 91.7 Å². The molecule has 1 aliphatic carbocycles. The van der Waals surface area contributed by atoms with Gasteiger partial charge < -0.3 is 4.74 Å². The van der Waals surface area contributed by atoms with Gasteiger partial charge in [0.2, 0.25) is 5.88 Å². The molecule has 0 aliphatic heterocycles. The van der Waals surface area contributed by atoms with Gasteiger partial charge in [-0.1, -0.05) is 26.3 Å². The van der Waals surface area contributed by atoms with Gasteiger partial charge in [-0.25, -0.2) is 4.98 Å². The predicted molar refractivity (Wildman–Crippen MR) is 61.2 cm³/mol. The lowest BCUT2D eigenvalue weighted by Gasteiger charge is -2.25. The number of hydrogen-bond donors (Lipinski definition) is 0. The second kappa shape index (κ2) is 4.65. The van der Waals surface area contributed by atoms with Crippen LogP contribution in [0, 0.1) is 5.92 Å². The standard InChI is InChI=1S/C13H19NO/c1-10(2)12-7-4-8-14-13(12)15-9-11-5-3-6-11/h4,7-8,10-11H,3,5-6,9H2,1-2H3. The van der Waals surface area contributed by atoms with Crippen LogP contribution < -0.4 is 4.74 Å². The quantitative estimate of drug-likeness (QED) is 0.751. The molecule has 2 heteroatoms. The SMILES string of the molecule is CC(C)c1cccnc1OCC1CCC1. The molecule has 0 N–H and O–H groups in total. The molecule has 0 amide bonds. The molecule has 82 valence electrons. The molecule has 1 saturated carbocycles. The summed E-state index contributed by atoms with van der Waals surface area (Å²) in [5.41, 5.74) is 1.22. The van der Waals surface area contributed by atoms with Gasteiger partial charge >= 0.3 is 0 Å². The second-order valence-corrected chi connectivity index (χ2v) is 4.66. The van der Waals surface area contributed by atoms with Crippen molar-refractivity contribution < 1.29 is 4.74 Å². The first kappa shape index (κ1) is 10.5. The summed E-state index contributed by atoms with van der Waals surface area (Å²) in [5, 5.41) is 0. The van der Waals surface area contributed by atoms with Crippen LogP contribution in [-0.4, -0.2) is 11.6 Å². The van der Waals surface area contributed by atoms with E-state index in [2.05, 4.69) is 24.9 Å². The Morgan fingerprint density at radius 1 is 1.47 bits per heavy atom. The van der Waals surface area contributed by atoms with E-state index in [4.69, 9.17) is 4.74 Å². The number of aromatic nitrogens is 1. The lowest BCUT2D eigenvalue weighted by molar-refractivity contribution is 0.174. The number of ether oxygens (including phenoxy) is 1. The molecule has 1 aromatic rings. The summed E-state index contributed by atoms with van der Waals surface area (Å²) in [6.07, 6.45) is 5.82. The van der Waals surface area contributed by atoms with Crippen molar-refractivity contribution in [2.45, 2.75) is 39.0 Å². The van der Waals surface area contributed by atoms with Crippen LogP contribution in [-0.2, 0) is 0 Å². The summed E-state index contributed by atoms with van der Waals surface area (Å²) < 4.78 is 5.79. The molecule has 1 aromatic heterocycles. The Bertz CT molecular complexity index is 318. The predicted octanol–water partition coefficient (Wildman–Crippen LogP) is 3.38. The summed E-state index contributed by atoms with van der Waals surface area (Å²) in [7, 11) is 0. The van der Waals surface area contributed by atoms with Crippen LogP contribution in [0.1, 0.15) is 44.6 Å². The largest absolute Gasteiger partial charge is 0.477 e. The first-order valence-electron chi connectivity index (χ1n) is 5.85. The van der Waals surface area contributed by atoms with Crippen molar-refractivity contribution in [3.63, 3.8) is 0 Å². The lowest BCUT2D eigenvalue weighted by Crippen LogP contribution is -2.20. The van der Waals surface area contributed by atoms with E-state index in [0.717, 1.165) is 18.4 Å². The third kappa shape index (κ3) is 2.49. The van der Waals surface area contributed by atoms with E-state index in [0.29, 0.717) is 5.92 Å². The molecule has 0 unspecified atom stereocenters. The molecule has 1 aliphatic rings. The van der Waals surface area contributed by atoms with Crippen LogP contribution in [0.4, 0.5) is 0 Å². The third-order valence-corrected chi connectivity index (χ3v) is 3.10. The van der Waals surface area contributed by atoms with Gasteiger partial charge in [-0.2, -0.15) is 0 Å². The Balaban J connectivity index is 1.99. The van der Waals surface area contributed by atoms with Crippen LogP contribution >= 0.6 is 0 Å². The van der Waals surface area contributed by atoms with Gasteiger partial charge in [0.05, 0.1) is 6.61 Å². The molecular formula is C13H19NO. The maximum absolute atomic E-state index is 5.79. The molecule has 0 spiro atoms. The fourth-order valence-corrected chi connectivity index (χ4v) is 1.82. The Morgan fingerprint density at radius 2 is 2.27 bits per heavy atom. The molecule has 0 atom stereocenters. The summed E-state index contributed by atoms with van der Waals surface area (Å²) in [5.74, 6) is 2.08. The normalized spacial score (nSPS) is 16.5. The van der Waals surface area contributed by atoms with Gasteiger partial charge in [-0.15, -0.1) is 0 Å². The first-order valence-corrected chi connectivity index (χ1v) is 5.85. The number of rotatable bonds is 4. The van der Waals surface area contributed by atoms with E-state index in [-0.39, 0.29) is 0 Å². The lowest BCUT2D eigenvalue weighted by atomic mass is 9.86. The zero-order valence-electron chi connectivity index (χ0n) is 9.57. The molecule has 0 radical (unpaired) electrons. The van der Waals surface area contributed by atoms with E-state index >= 15 is 0 Å². The Hall–Kier alpha value is -1.05. The Morgan fingerprint density at radius 3 is 2.87 bits per heavy atom. The summed E-state index contributed by atoms with van der Waals surface area (Å²) in [6.45, 7) is 5.19. The highest BCUT2D eigenvalue weighted by atomic mass is 16.5. The minimum Gasteiger partial charge on any atom is -0.477 e. The topological polar surface area (TPSA) is 22.1 Å². The number of pyridine rings is 1. The van der Waals surface area contributed by atoms with Gasteiger partial charge in [-0.3, -0.25) is 0 Å². The average molecular weight is 205 g/mol. The monoisotopic (exact) mass is 205 g/mol. The van der Waals surface area contributed by atoms with Crippen LogP contribution in [0.3, 0.4) is 0 Å². The maximum Gasteiger partial charge on any atom is 0.216 e. The van der Waals surface area contributed by atoms with Gasteiger partial charge in [-0.05, 0) is 30.7 Å². The molecule has 0 saturated heterocycles. The van der Waals surface area contributed by atoms with Crippen molar-refractivity contribution in [3.8, 4) is 5.88 Å². The molecule has 0 aromatic carbocycles. The summed E-state index contributed by atoms with van der Waals surface area (Å²) in [6, 6.07) is 4.08. The molecule has 15 heavy (non-hydrogen) atoms. The van der Waals surface area contributed by atoms with Crippen LogP contribution in [0.5, 0.6) is 5.88 Å². The molecule has 0 bridgehead atoms. The van der Waals surface area contributed by atoms with Crippen molar-refractivity contribution in [1.29, 1.82) is 0 Å². The Kier molecular flexibility index (Phi) is 3.24. The average Bonchev–Trinajstić information content (AvgIpc) is 2.16. The highest BCUT2D eigenvalue weighted by Gasteiger charge is 2.19. The van der Waals surface area contributed by atoms with Gasteiger partial charge in [0.25, 0.3) is 0 Å². The zero-order valence-corrected chi connectivity index (χ0v) is 9.57. The second-order valence-electron chi connectivity index (χ2n) is 4.66. The van der Waals surface area contributed by atoms with Crippen LogP contribution in [0.2, 0.25) is 0 Å². The van der Waals surface area contributed by atoms with E-state index in [1.165, 1.54) is 24.8 Å². The number of nitrogens with zero attached hydrogens (tertiary/aromatic N) is 1. The first-order chi connectivity index (χ1) is 7.27. The number of hydrogen-bond acceptors (Lipinski definition) is 2. The maximum atomic E-state index is 5.79. The van der Waals surface area contributed by atoms with Crippen LogP contribution in [0.25, 0.3) is 0 Å². The fourth-order valence-electron chi connectivity index (χ4n) is 1.82. The van der Waals surface area contributed by atoms with Crippen molar-refractivity contribution in [2.75, 3.05) is 6.61 Å². The fraction of sp³-hybridized carbons (Fsp3) is 0.615. The van der Waals surface area contributed by atoms with Crippen molar-refractivity contribution in [1.82, 2.24) is 4.98 Å². The van der Waals surface area contributed by atoms with Gasteiger partial charge in [0.15, 0.2) is 0 Å². The summed E-state index contributed by atoms with van der Waals surface area (Å²) >= 11 is 0. The zero-order chi connectivity index (χ0) is 10.7. The van der Waals surface area contributed by atoms with E-state index in [1.807, 2.05) is 12.3 Å². The third-order valence-electron chi connectivity index (χ3n) is 3.10. The van der Waals surface area contributed by atoms with Gasteiger partial charge in [0.1, 0.15) is 0 Å². The molecule has 2 rings (SSSR count). The highest BCUT2D eigenvalue weighted by molar-refractivity contribution is 5.28. The molecule has 1 heterocycles. The minimum atomic E-state index is 0.482. The van der Waals surface area contributed by atoms with Gasteiger partial charge in [0, 0.05) is 11.8 Å². The smallest absolute Gasteiger partial charge is 0.216 e. The minimum absolute atomic E-state index is 0.482. The highest BCUT2D eigenvalue weighted by Crippen LogP contribution is 2.29. The van der Waals surface area contributed by atoms with Crippen molar-refractivity contribution in [3.05, 3.63) is 23.9 Å². The van der Waals surface area contributed by atoms with E-state index in [9.17, 15) is 0 Å². The van der Waals surface area contributed by atoms with E-state index < -0.39 is 0 Å².